The summed E-state index contributed by atoms with van der Waals surface area (Å²) in [4.78, 5) is 27.3. The summed E-state index contributed by atoms with van der Waals surface area (Å²) < 4.78 is 23.0. The molecule has 0 aromatic heterocycles. The molecule has 3 atom stereocenters. The summed E-state index contributed by atoms with van der Waals surface area (Å²) in [6.07, 6.45) is 2.11. The van der Waals surface area contributed by atoms with Gasteiger partial charge in [0.05, 0.1) is 32.5 Å². The summed E-state index contributed by atoms with van der Waals surface area (Å²) >= 11 is 0. The van der Waals surface area contributed by atoms with Gasteiger partial charge in [0, 0.05) is 38.0 Å². The van der Waals surface area contributed by atoms with Crippen molar-refractivity contribution in [1.82, 2.24) is 10.2 Å². The summed E-state index contributed by atoms with van der Waals surface area (Å²) in [6, 6.07) is 13.4. The second-order valence-electron chi connectivity index (χ2n) is 9.99. The van der Waals surface area contributed by atoms with Gasteiger partial charge < -0.3 is 25.0 Å². The van der Waals surface area contributed by atoms with E-state index in [9.17, 15) is 24.2 Å². The highest BCUT2D eigenvalue weighted by atomic mass is 19.1. The van der Waals surface area contributed by atoms with E-state index in [2.05, 4.69) is 5.32 Å². The minimum atomic E-state index is -0.955. The third-order valence-corrected chi connectivity index (χ3v) is 6.92. The minimum Gasteiger partial charge on any atom is -0.497 e. The van der Waals surface area contributed by atoms with E-state index in [0.717, 1.165) is 0 Å². The molecule has 0 saturated carbocycles. The highest BCUT2D eigenvalue weighted by Crippen LogP contribution is 2.23. The van der Waals surface area contributed by atoms with Gasteiger partial charge in [0.25, 0.3) is 0 Å². The predicted molar refractivity (Wildman–Crippen MR) is 147 cm³/mol. The lowest BCUT2D eigenvalue weighted by molar-refractivity contribution is -0.123. The molecule has 1 heterocycles. The quantitative estimate of drug-likeness (QED) is 0.205. The van der Waals surface area contributed by atoms with E-state index >= 15 is 0 Å². The molecule has 1 saturated heterocycles. The number of likely N-dealkylation sites (tertiary alicyclic amines) is 1. The Morgan fingerprint density at radius 2 is 1.72 bits per heavy atom. The Kier molecular flexibility index (Phi) is 12.7. The first kappa shape index (κ1) is 30.5. The molecule has 9 heteroatoms. The molecule has 1 aliphatic rings. The van der Waals surface area contributed by atoms with Gasteiger partial charge >= 0.3 is 0 Å². The number of ether oxygens (including phenoxy) is 2. The molecule has 0 radical (unpaired) electrons. The first-order chi connectivity index (χ1) is 18.9. The minimum absolute atomic E-state index is 0.0220. The number of β-amino-alcohol motifs (C(OH)–C–C–N with tert-alkyl or cyclic N) is 1. The smallest absolute Gasteiger partial charge is 0.220 e. The summed E-state index contributed by atoms with van der Waals surface area (Å²) in [6.45, 7) is 1.66. The van der Waals surface area contributed by atoms with Gasteiger partial charge in [-0.15, -0.1) is 0 Å². The average Bonchev–Trinajstić information content (AvgIpc) is 3.37. The van der Waals surface area contributed by atoms with Gasteiger partial charge in [-0.2, -0.15) is 0 Å². The van der Waals surface area contributed by atoms with Crippen LogP contribution in [0.25, 0.3) is 0 Å². The highest BCUT2D eigenvalue weighted by Gasteiger charge is 2.29. The Hall–Kier alpha value is -3.01. The molecule has 2 aromatic rings. The van der Waals surface area contributed by atoms with Gasteiger partial charge in [-0.1, -0.05) is 12.1 Å². The lowest BCUT2D eigenvalue weighted by Crippen LogP contribution is -2.47. The predicted octanol–water partition coefficient (Wildman–Crippen LogP) is 3.85. The largest absolute Gasteiger partial charge is 0.497 e. The summed E-state index contributed by atoms with van der Waals surface area (Å²) in [5.41, 5.74) is 1.26. The van der Waals surface area contributed by atoms with Crippen LogP contribution in [0.4, 0.5) is 4.39 Å². The molecule has 2 aromatic carbocycles. The molecule has 0 spiro atoms. The summed E-state index contributed by atoms with van der Waals surface area (Å²) in [5.74, 6) is 1.16. The van der Waals surface area contributed by atoms with Crippen LogP contribution in [-0.4, -0.2) is 79.0 Å². The van der Waals surface area contributed by atoms with Crippen LogP contribution in [0.3, 0.4) is 0 Å². The number of amides is 1. The monoisotopic (exact) mass is 544 g/mol. The van der Waals surface area contributed by atoms with E-state index < -0.39 is 18.2 Å². The number of aliphatic hydroxyl groups excluding tert-OH is 2. The zero-order valence-corrected chi connectivity index (χ0v) is 22.7. The fourth-order valence-corrected chi connectivity index (χ4v) is 4.63. The SMILES string of the molecule is COc1ccc(C(=O)CCCCC(=O)N[C@H](CN2CC[C@@H](O)C2)[C@H](O)c2ccc(OCCCCF)cc2)cc1. The number of rotatable bonds is 17. The van der Waals surface area contributed by atoms with Crippen LogP contribution in [0, 0.1) is 0 Å². The fraction of sp³-hybridized carbons (Fsp3) is 0.533. The van der Waals surface area contributed by atoms with Crippen LogP contribution in [0.2, 0.25) is 0 Å². The average molecular weight is 545 g/mol. The zero-order chi connectivity index (χ0) is 28.0. The van der Waals surface area contributed by atoms with E-state index in [1.54, 1.807) is 55.6 Å². The number of hydrogen-bond acceptors (Lipinski definition) is 7. The number of Topliss-reactive ketones (excluding diaryl/α,β-unsaturated/α-hetero) is 1. The number of methoxy groups -OCH3 is 1. The van der Waals surface area contributed by atoms with Gasteiger partial charge in [0.15, 0.2) is 5.78 Å². The fourth-order valence-electron chi connectivity index (χ4n) is 4.63. The number of nitrogens with zero attached hydrogens (tertiary/aromatic N) is 1. The first-order valence-corrected chi connectivity index (χ1v) is 13.7. The van der Waals surface area contributed by atoms with E-state index in [1.807, 2.05) is 4.90 Å². The maximum absolute atomic E-state index is 12.8. The van der Waals surface area contributed by atoms with Gasteiger partial charge in [-0.25, -0.2) is 0 Å². The maximum atomic E-state index is 12.8. The number of carbonyl (C=O) groups is 2. The third-order valence-electron chi connectivity index (χ3n) is 6.92. The van der Waals surface area contributed by atoms with E-state index in [1.165, 1.54) is 0 Å². The van der Waals surface area contributed by atoms with Crippen LogP contribution in [0.1, 0.15) is 67.0 Å². The molecule has 39 heavy (non-hydrogen) atoms. The highest BCUT2D eigenvalue weighted by molar-refractivity contribution is 5.96. The third kappa shape index (κ3) is 10.2. The number of carbonyl (C=O) groups excluding carboxylic acids is 2. The van der Waals surface area contributed by atoms with Crippen molar-refractivity contribution in [2.24, 2.45) is 0 Å². The van der Waals surface area contributed by atoms with Crippen molar-refractivity contribution < 1.29 is 33.7 Å². The Morgan fingerprint density at radius 1 is 1.03 bits per heavy atom. The van der Waals surface area contributed by atoms with Crippen molar-refractivity contribution >= 4 is 11.7 Å². The molecular weight excluding hydrogens is 503 g/mol. The molecule has 1 fully saturated rings. The number of hydrogen-bond donors (Lipinski definition) is 3. The summed E-state index contributed by atoms with van der Waals surface area (Å²) in [7, 11) is 1.57. The number of alkyl halides is 1. The second kappa shape index (κ2) is 16.2. The van der Waals surface area contributed by atoms with Crippen molar-refractivity contribution in [2.75, 3.05) is 40.0 Å². The van der Waals surface area contributed by atoms with Crippen LogP contribution >= 0.6 is 0 Å². The Bertz CT molecular complexity index is 1020. The number of halogens is 1. The molecule has 3 rings (SSSR count). The van der Waals surface area contributed by atoms with Crippen LogP contribution < -0.4 is 14.8 Å². The molecule has 214 valence electrons. The number of nitrogens with one attached hydrogen (secondary N) is 1. The lowest BCUT2D eigenvalue weighted by atomic mass is 10.0. The number of unbranched alkanes of at least 4 members (excludes halogenated alkanes) is 2. The standard InChI is InChI=1S/C30H41FN2O6/c1-38-25-12-8-22(9-13-25)28(35)6-2-3-7-29(36)32-27(21-33-18-16-24(34)20-33)30(37)23-10-14-26(15-11-23)39-19-5-4-17-31/h8-15,24,27,30,34,37H,2-7,16-21H2,1H3,(H,32,36)/t24-,27-,30-/m1/s1. The maximum Gasteiger partial charge on any atom is 0.220 e. The number of benzene rings is 2. The first-order valence-electron chi connectivity index (χ1n) is 13.7. The molecular formula is C30H41FN2O6. The van der Waals surface area contributed by atoms with Crippen LogP contribution in [0.5, 0.6) is 11.5 Å². The normalized spacial score (nSPS) is 17.0. The van der Waals surface area contributed by atoms with Crippen molar-refractivity contribution in [2.45, 2.75) is 63.2 Å². The number of ketones is 1. The lowest BCUT2D eigenvalue weighted by Gasteiger charge is -2.29. The molecule has 3 N–H and O–H groups in total. The van der Waals surface area contributed by atoms with Crippen LogP contribution in [0.15, 0.2) is 48.5 Å². The van der Waals surface area contributed by atoms with Crippen molar-refractivity contribution in [3.8, 4) is 11.5 Å². The van der Waals surface area contributed by atoms with Gasteiger partial charge in [-0.05, 0) is 74.1 Å². The topological polar surface area (TPSA) is 108 Å². The molecule has 1 aliphatic heterocycles. The van der Waals surface area contributed by atoms with E-state index in [-0.39, 0.29) is 24.8 Å². The zero-order valence-electron chi connectivity index (χ0n) is 22.7. The Labute approximate surface area is 230 Å². The van der Waals surface area contributed by atoms with E-state index in [0.29, 0.717) is 87.4 Å². The molecule has 0 aliphatic carbocycles. The summed E-state index contributed by atoms with van der Waals surface area (Å²) in [5, 5.41) is 24.1. The molecule has 1 amide bonds. The van der Waals surface area contributed by atoms with Crippen molar-refractivity contribution in [3.63, 3.8) is 0 Å². The van der Waals surface area contributed by atoms with Crippen LogP contribution in [-0.2, 0) is 4.79 Å². The van der Waals surface area contributed by atoms with E-state index in [4.69, 9.17) is 9.47 Å². The van der Waals surface area contributed by atoms with Gasteiger partial charge in [0.2, 0.25) is 5.91 Å². The van der Waals surface area contributed by atoms with Crippen molar-refractivity contribution in [1.29, 1.82) is 0 Å². The Balaban J connectivity index is 1.51. The van der Waals surface area contributed by atoms with Crippen molar-refractivity contribution in [3.05, 3.63) is 59.7 Å². The Morgan fingerprint density at radius 3 is 2.36 bits per heavy atom. The van der Waals surface area contributed by atoms with Gasteiger partial charge in [0.1, 0.15) is 17.6 Å². The number of aliphatic hydroxyl groups is 2. The van der Waals surface area contributed by atoms with Gasteiger partial charge in [-0.3, -0.25) is 18.9 Å². The molecule has 0 unspecified atom stereocenters. The molecule has 0 bridgehead atoms. The molecule has 8 nitrogen and oxygen atoms in total. The second-order valence-corrected chi connectivity index (χ2v) is 9.99.